The van der Waals surface area contributed by atoms with Gasteiger partial charge < -0.3 is 9.47 Å². The van der Waals surface area contributed by atoms with E-state index >= 15 is 0 Å². The van der Waals surface area contributed by atoms with Gasteiger partial charge in [0.2, 0.25) is 0 Å². The van der Waals surface area contributed by atoms with Crippen molar-refractivity contribution in [2.45, 2.75) is 32.8 Å². The zero-order chi connectivity index (χ0) is 13.2. The topological polar surface area (TPSA) is 35.5 Å². The molecule has 18 heavy (non-hydrogen) atoms. The predicted molar refractivity (Wildman–Crippen MR) is 69.0 cm³/mol. The second-order valence-corrected chi connectivity index (χ2v) is 4.84. The van der Waals surface area contributed by atoms with E-state index in [0.29, 0.717) is 30.1 Å². The predicted octanol–water partition coefficient (Wildman–Crippen LogP) is 2.83. The maximum Gasteiger partial charge on any atom is 0.170 e. The van der Waals surface area contributed by atoms with Gasteiger partial charge in [-0.2, -0.15) is 0 Å². The Kier molecular flexibility index (Phi) is 3.29. The second-order valence-electron chi connectivity index (χ2n) is 4.84. The number of benzene rings is 1. The molecule has 0 fully saturated rings. The first-order chi connectivity index (χ1) is 8.52. The number of rotatable bonds is 2. The largest absolute Gasteiger partial charge is 0.486 e. The van der Waals surface area contributed by atoms with Crippen molar-refractivity contribution in [3.63, 3.8) is 0 Å². The summed E-state index contributed by atoms with van der Waals surface area (Å²) in [5, 5.41) is 0. The van der Waals surface area contributed by atoms with Gasteiger partial charge in [-0.3, -0.25) is 4.79 Å². The van der Waals surface area contributed by atoms with Gasteiger partial charge in [0.15, 0.2) is 5.78 Å². The molecule has 1 aliphatic heterocycles. The van der Waals surface area contributed by atoms with Gasteiger partial charge in [0, 0.05) is 6.07 Å². The third-order valence-corrected chi connectivity index (χ3v) is 2.71. The lowest BCUT2D eigenvalue weighted by atomic mass is 9.93. The van der Waals surface area contributed by atoms with Gasteiger partial charge in [-0.25, -0.2) is 0 Å². The van der Waals surface area contributed by atoms with Crippen LogP contribution in [0.5, 0.6) is 11.5 Å². The van der Waals surface area contributed by atoms with Crippen LogP contribution in [0.25, 0.3) is 0 Å². The highest BCUT2D eigenvalue weighted by Gasteiger charge is 2.32. The lowest BCUT2D eigenvalue weighted by Crippen LogP contribution is -2.35. The SMILES string of the molecule is CC#CCOc1ccc2c(c1)OC(C)(C)CC2=O. The number of carbonyl (C=O) groups excluding carboxylic acids is 1. The average molecular weight is 244 g/mol. The fraction of sp³-hybridized carbons (Fsp3) is 0.400. The Morgan fingerprint density at radius 1 is 1.44 bits per heavy atom. The van der Waals surface area contributed by atoms with Crippen molar-refractivity contribution in [1.82, 2.24) is 0 Å². The zero-order valence-electron chi connectivity index (χ0n) is 10.9. The van der Waals surface area contributed by atoms with Gasteiger partial charge in [-0.05, 0) is 32.9 Å². The molecule has 0 atom stereocenters. The van der Waals surface area contributed by atoms with Crippen molar-refractivity contribution >= 4 is 5.78 Å². The fourth-order valence-corrected chi connectivity index (χ4v) is 1.91. The third kappa shape index (κ3) is 2.65. The van der Waals surface area contributed by atoms with Crippen molar-refractivity contribution in [2.24, 2.45) is 0 Å². The quantitative estimate of drug-likeness (QED) is 0.750. The molecule has 0 aliphatic carbocycles. The molecule has 0 saturated heterocycles. The number of carbonyl (C=O) groups is 1. The molecule has 0 spiro atoms. The first kappa shape index (κ1) is 12.5. The van der Waals surface area contributed by atoms with E-state index in [9.17, 15) is 4.79 Å². The lowest BCUT2D eigenvalue weighted by molar-refractivity contribution is 0.0618. The maximum absolute atomic E-state index is 11.9. The molecule has 2 rings (SSSR count). The van der Waals surface area contributed by atoms with Crippen LogP contribution >= 0.6 is 0 Å². The minimum atomic E-state index is -0.452. The van der Waals surface area contributed by atoms with Gasteiger partial charge in [-0.15, -0.1) is 5.92 Å². The van der Waals surface area contributed by atoms with Crippen LogP contribution in [0.1, 0.15) is 37.6 Å². The Morgan fingerprint density at radius 3 is 2.94 bits per heavy atom. The van der Waals surface area contributed by atoms with Crippen molar-refractivity contribution in [3.05, 3.63) is 23.8 Å². The monoisotopic (exact) mass is 244 g/mol. The Morgan fingerprint density at radius 2 is 2.22 bits per heavy atom. The number of ether oxygens (including phenoxy) is 2. The summed E-state index contributed by atoms with van der Waals surface area (Å²) in [6, 6.07) is 5.28. The van der Waals surface area contributed by atoms with E-state index in [0.717, 1.165) is 0 Å². The van der Waals surface area contributed by atoms with E-state index < -0.39 is 5.60 Å². The molecule has 0 aromatic heterocycles. The lowest BCUT2D eigenvalue weighted by Gasteiger charge is -2.31. The van der Waals surface area contributed by atoms with E-state index in [-0.39, 0.29) is 5.78 Å². The Labute approximate surface area is 107 Å². The van der Waals surface area contributed by atoms with Crippen LogP contribution in [0.3, 0.4) is 0 Å². The Balaban J connectivity index is 2.25. The van der Waals surface area contributed by atoms with Gasteiger partial charge in [-0.1, -0.05) is 5.92 Å². The molecular weight excluding hydrogens is 228 g/mol. The summed E-state index contributed by atoms with van der Waals surface area (Å²) in [5.41, 5.74) is 0.176. The minimum Gasteiger partial charge on any atom is -0.486 e. The smallest absolute Gasteiger partial charge is 0.170 e. The standard InChI is InChI=1S/C15H16O3/c1-4-5-8-17-11-6-7-12-13(16)10-15(2,3)18-14(12)9-11/h6-7,9H,8,10H2,1-3H3. The third-order valence-electron chi connectivity index (χ3n) is 2.71. The van der Waals surface area contributed by atoms with E-state index in [1.807, 2.05) is 13.8 Å². The molecule has 1 aromatic rings. The number of Topliss-reactive ketones (excluding diaryl/α,β-unsaturated/α-hetero) is 1. The number of ketones is 1. The molecular formula is C15H16O3. The van der Waals surface area contributed by atoms with Crippen molar-refractivity contribution in [1.29, 1.82) is 0 Å². The van der Waals surface area contributed by atoms with Crippen molar-refractivity contribution < 1.29 is 14.3 Å². The molecule has 0 saturated carbocycles. The van der Waals surface area contributed by atoms with Gasteiger partial charge in [0.05, 0.1) is 12.0 Å². The normalized spacial score (nSPS) is 16.1. The summed E-state index contributed by atoms with van der Waals surface area (Å²) < 4.78 is 11.3. The first-order valence-corrected chi connectivity index (χ1v) is 5.90. The summed E-state index contributed by atoms with van der Waals surface area (Å²) in [7, 11) is 0. The number of hydrogen-bond acceptors (Lipinski definition) is 3. The van der Waals surface area contributed by atoms with Gasteiger partial charge in [0.1, 0.15) is 23.7 Å². The van der Waals surface area contributed by atoms with E-state index in [1.54, 1.807) is 25.1 Å². The number of fused-ring (bicyclic) bond motifs is 1. The van der Waals surface area contributed by atoms with Crippen LogP contribution < -0.4 is 9.47 Å². The molecule has 94 valence electrons. The van der Waals surface area contributed by atoms with E-state index in [1.165, 1.54) is 0 Å². The minimum absolute atomic E-state index is 0.112. The fourth-order valence-electron chi connectivity index (χ4n) is 1.91. The van der Waals surface area contributed by atoms with Crippen LogP contribution in [0.15, 0.2) is 18.2 Å². The Hall–Kier alpha value is -1.95. The number of hydrogen-bond donors (Lipinski definition) is 0. The van der Waals surface area contributed by atoms with E-state index in [2.05, 4.69) is 11.8 Å². The van der Waals surface area contributed by atoms with Crippen LogP contribution in [-0.4, -0.2) is 18.0 Å². The van der Waals surface area contributed by atoms with Gasteiger partial charge >= 0.3 is 0 Å². The molecule has 1 aliphatic rings. The molecule has 0 N–H and O–H groups in total. The molecule has 0 radical (unpaired) electrons. The van der Waals surface area contributed by atoms with Gasteiger partial charge in [0.25, 0.3) is 0 Å². The average Bonchev–Trinajstić information content (AvgIpc) is 2.27. The van der Waals surface area contributed by atoms with Crippen molar-refractivity contribution in [3.8, 4) is 23.3 Å². The molecule has 1 heterocycles. The summed E-state index contributed by atoms with van der Waals surface area (Å²) in [6.45, 7) is 5.92. The Bertz CT molecular complexity index is 532. The van der Waals surface area contributed by atoms with Crippen LogP contribution in [0.4, 0.5) is 0 Å². The first-order valence-electron chi connectivity index (χ1n) is 5.90. The highest BCUT2D eigenvalue weighted by atomic mass is 16.5. The molecule has 3 nitrogen and oxygen atoms in total. The molecule has 0 bridgehead atoms. The highest BCUT2D eigenvalue weighted by molar-refractivity contribution is 6.00. The van der Waals surface area contributed by atoms with Crippen LogP contribution in [0, 0.1) is 11.8 Å². The summed E-state index contributed by atoms with van der Waals surface area (Å²) in [6.07, 6.45) is 0.404. The van der Waals surface area contributed by atoms with Crippen LogP contribution in [0.2, 0.25) is 0 Å². The zero-order valence-corrected chi connectivity index (χ0v) is 10.9. The molecule has 1 aromatic carbocycles. The highest BCUT2D eigenvalue weighted by Crippen LogP contribution is 2.35. The summed E-state index contributed by atoms with van der Waals surface area (Å²) >= 11 is 0. The second kappa shape index (κ2) is 4.73. The maximum atomic E-state index is 11.9. The summed E-state index contributed by atoms with van der Waals surface area (Å²) in [5.74, 6) is 6.96. The van der Waals surface area contributed by atoms with E-state index in [4.69, 9.17) is 9.47 Å². The summed E-state index contributed by atoms with van der Waals surface area (Å²) in [4.78, 5) is 11.9. The molecule has 3 heteroatoms. The molecule has 0 unspecified atom stereocenters. The molecule has 0 amide bonds. The van der Waals surface area contributed by atoms with Crippen LogP contribution in [-0.2, 0) is 0 Å². The van der Waals surface area contributed by atoms with Crippen molar-refractivity contribution in [2.75, 3.05) is 6.61 Å².